The van der Waals surface area contributed by atoms with E-state index in [0.717, 1.165) is 72.9 Å². The number of carbonyl (C=O) groups is 2. The van der Waals surface area contributed by atoms with Gasteiger partial charge < -0.3 is 18.9 Å². The molecule has 0 bridgehead atoms. The van der Waals surface area contributed by atoms with Crippen molar-refractivity contribution >= 4 is 33.5 Å². The van der Waals surface area contributed by atoms with Crippen LogP contribution in [0.1, 0.15) is 85.9 Å². The van der Waals surface area contributed by atoms with Gasteiger partial charge in [-0.2, -0.15) is 0 Å². The Hall–Kier alpha value is -4.06. The molecule has 4 aromatic carbocycles. The fraction of sp³-hybridized carbons (Fsp3) is 0.389. The fourth-order valence-corrected chi connectivity index (χ4v) is 4.92. The number of hydrogen-bond acceptors (Lipinski definition) is 6. The number of rotatable bonds is 17. The lowest BCUT2D eigenvalue weighted by molar-refractivity contribution is 0.0491. The third kappa shape index (κ3) is 8.72. The van der Waals surface area contributed by atoms with E-state index in [1.807, 2.05) is 60.7 Å². The van der Waals surface area contributed by atoms with Gasteiger partial charge in [0.15, 0.2) is 0 Å². The molecular weight excluding hydrogens is 528 g/mol. The van der Waals surface area contributed by atoms with Gasteiger partial charge in [-0.05, 0) is 82.9 Å². The second-order valence-corrected chi connectivity index (χ2v) is 10.5. The molecule has 0 N–H and O–H groups in total. The van der Waals surface area contributed by atoms with E-state index >= 15 is 0 Å². The second-order valence-electron chi connectivity index (χ2n) is 10.5. The summed E-state index contributed by atoms with van der Waals surface area (Å²) < 4.78 is 22.9. The Balaban J connectivity index is 1.28. The Bertz CT molecular complexity index is 1350. The lowest BCUT2D eigenvalue weighted by Crippen LogP contribution is -2.09. The van der Waals surface area contributed by atoms with Crippen LogP contribution >= 0.6 is 0 Å². The van der Waals surface area contributed by atoms with Crippen molar-refractivity contribution < 1.29 is 28.5 Å². The Morgan fingerprint density at radius 3 is 1.40 bits per heavy atom. The van der Waals surface area contributed by atoms with E-state index in [4.69, 9.17) is 18.9 Å². The predicted octanol–water partition coefficient (Wildman–Crippen LogP) is 8.93. The van der Waals surface area contributed by atoms with E-state index in [9.17, 15) is 9.59 Å². The summed E-state index contributed by atoms with van der Waals surface area (Å²) in [6.45, 7) is 5.92. The van der Waals surface area contributed by atoms with Crippen molar-refractivity contribution in [2.45, 2.75) is 65.2 Å². The molecule has 0 aliphatic rings. The SMILES string of the molecule is CCCCCCOC(=O)c1cccc2cc(OCCOc3ccc4c(C(=O)OCCCCCC)cccc4c3)ccc12. The first kappa shape index (κ1) is 30.9. The van der Waals surface area contributed by atoms with E-state index in [2.05, 4.69) is 13.8 Å². The van der Waals surface area contributed by atoms with Crippen LogP contribution in [-0.2, 0) is 9.47 Å². The normalized spacial score (nSPS) is 11.0. The lowest BCUT2D eigenvalue weighted by Gasteiger charge is -2.12. The van der Waals surface area contributed by atoms with Crippen LogP contribution in [0.5, 0.6) is 11.5 Å². The first-order valence-corrected chi connectivity index (χ1v) is 15.3. The highest BCUT2D eigenvalue weighted by molar-refractivity contribution is 6.05. The Kier molecular flexibility index (Phi) is 12.1. The molecule has 222 valence electrons. The molecule has 0 amide bonds. The molecule has 0 atom stereocenters. The third-order valence-corrected chi connectivity index (χ3v) is 7.23. The summed E-state index contributed by atoms with van der Waals surface area (Å²) in [7, 11) is 0. The molecular formula is C36H42O6. The summed E-state index contributed by atoms with van der Waals surface area (Å²) >= 11 is 0. The molecule has 0 spiro atoms. The third-order valence-electron chi connectivity index (χ3n) is 7.23. The number of fused-ring (bicyclic) bond motifs is 2. The van der Waals surface area contributed by atoms with Crippen molar-refractivity contribution in [3.8, 4) is 11.5 Å². The smallest absolute Gasteiger partial charge is 0.338 e. The van der Waals surface area contributed by atoms with E-state index in [-0.39, 0.29) is 11.9 Å². The summed E-state index contributed by atoms with van der Waals surface area (Å²) in [5, 5.41) is 3.52. The lowest BCUT2D eigenvalue weighted by atomic mass is 10.0. The van der Waals surface area contributed by atoms with Crippen LogP contribution in [0.3, 0.4) is 0 Å². The Morgan fingerprint density at radius 1 is 0.524 bits per heavy atom. The molecule has 0 aliphatic carbocycles. The summed E-state index contributed by atoms with van der Waals surface area (Å²) in [5.74, 6) is 0.821. The first-order chi connectivity index (χ1) is 20.6. The molecule has 0 saturated heterocycles. The molecule has 0 heterocycles. The Labute approximate surface area is 248 Å². The molecule has 42 heavy (non-hydrogen) atoms. The van der Waals surface area contributed by atoms with Crippen LogP contribution in [-0.4, -0.2) is 38.4 Å². The maximum atomic E-state index is 12.6. The van der Waals surface area contributed by atoms with Gasteiger partial charge in [0.25, 0.3) is 0 Å². The van der Waals surface area contributed by atoms with E-state index in [1.54, 1.807) is 12.1 Å². The summed E-state index contributed by atoms with van der Waals surface area (Å²) in [4.78, 5) is 25.3. The highest BCUT2D eigenvalue weighted by Crippen LogP contribution is 2.26. The largest absolute Gasteiger partial charge is 0.490 e. The van der Waals surface area contributed by atoms with Crippen LogP contribution in [0.25, 0.3) is 21.5 Å². The zero-order valence-corrected chi connectivity index (χ0v) is 24.9. The molecule has 0 unspecified atom stereocenters. The van der Waals surface area contributed by atoms with Gasteiger partial charge in [-0.25, -0.2) is 9.59 Å². The van der Waals surface area contributed by atoms with Gasteiger partial charge in [0.1, 0.15) is 24.7 Å². The van der Waals surface area contributed by atoms with Crippen LogP contribution in [0.4, 0.5) is 0 Å². The molecule has 0 fully saturated rings. The van der Waals surface area contributed by atoms with Gasteiger partial charge in [-0.1, -0.05) is 76.6 Å². The van der Waals surface area contributed by atoms with Gasteiger partial charge in [-0.15, -0.1) is 0 Å². The van der Waals surface area contributed by atoms with Gasteiger partial charge in [-0.3, -0.25) is 0 Å². The molecule has 4 rings (SSSR count). The highest BCUT2D eigenvalue weighted by atomic mass is 16.5. The van der Waals surface area contributed by atoms with Crippen molar-refractivity contribution in [3.63, 3.8) is 0 Å². The first-order valence-electron chi connectivity index (χ1n) is 15.3. The van der Waals surface area contributed by atoms with E-state index < -0.39 is 0 Å². The van der Waals surface area contributed by atoms with Gasteiger partial charge in [0.05, 0.1) is 24.3 Å². The maximum Gasteiger partial charge on any atom is 0.338 e. The van der Waals surface area contributed by atoms with Crippen molar-refractivity contribution in [2.24, 2.45) is 0 Å². The van der Waals surface area contributed by atoms with Crippen molar-refractivity contribution in [1.82, 2.24) is 0 Å². The molecule has 6 nitrogen and oxygen atoms in total. The predicted molar refractivity (Wildman–Crippen MR) is 168 cm³/mol. The number of carbonyl (C=O) groups excluding carboxylic acids is 2. The van der Waals surface area contributed by atoms with Crippen LogP contribution in [0, 0.1) is 0 Å². The van der Waals surface area contributed by atoms with Crippen molar-refractivity contribution in [3.05, 3.63) is 83.9 Å². The van der Waals surface area contributed by atoms with Crippen LogP contribution in [0.2, 0.25) is 0 Å². The zero-order valence-electron chi connectivity index (χ0n) is 24.9. The van der Waals surface area contributed by atoms with E-state index in [0.29, 0.717) is 49.1 Å². The topological polar surface area (TPSA) is 71.1 Å². The molecule has 0 saturated carbocycles. The summed E-state index contributed by atoms with van der Waals surface area (Å²) in [5.41, 5.74) is 1.13. The number of esters is 2. The van der Waals surface area contributed by atoms with Gasteiger partial charge in [0.2, 0.25) is 0 Å². The monoisotopic (exact) mass is 570 g/mol. The zero-order chi connectivity index (χ0) is 29.6. The number of hydrogen-bond donors (Lipinski definition) is 0. The quantitative estimate of drug-likeness (QED) is 0.0932. The standard InChI is InChI=1S/C36H42O6/c1-3-5-7-9-21-41-35(37)33-15-11-13-27-25-29(17-19-31(27)33)39-23-24-40-30-18-20-32-28(26-30)14-12-16-34(32)36(38)42-22-10-8-6-4-2/h11-20,25-26H,3-10,21-24H2,1-2H3. The van der Waals surface area contributed by atoms with E-state index in [1.165, 1.54) is 0 Å². The molecule has 4 aromatic rings. The van der Waals surface area contributed by atoms with Crippen molar-refractivity contribution in [1.29, 1.82) is 0 Å². The second kappa shape index (κ2) is 16.4. The average Bonchev–Trinajstić information content (AvgIpc) is 3.01. The average molecular weight is 571 g/mol. The Morgan fingerprint density at radius 2 is 0.976 bits per heavy atom. The fourth-order valence-electron chi connectivity index (χ4n) is 4.92. The summed E-state index contributed by atoms with van der Waals surface area (Å²) in [6, 6.07) is 22.6. The number of unbranched alkanes of at least 4 members (excludes halogenated alkanes) is 6. The van der Waals surface area contributed by atoms with Gasteiger partial charge in [0, 0.05) is 0 Å². The molecule has 0 radical (unpaired) electrons. The summed E-state index contributed by atoms with van der Waals surface area (Å²) in [6.07, 6.45) is 8.52. The number of ether oxygens (including phenoxy) is 4. The maximum absolute atomic E-state index is 12.6. The van der Waals surface area contributed by atoms with Crippen LogP contribution < -0.4 is 9.47 Å². The number of benzene rings is 4. The van der Waals surface area contributed by atoms with Crippen molar-refractivity contribution in [2.75, 3.05) is 26.4 Å². The molecule has 0 aromatic heterocycles. The van der Waals surface area contributed by atoms with Gasteiger partial charge >= 0.3 is 11.9 Å². The highest BCUT2D eigenvalue weighted by Gasteiger charge is 2.13. The minimum Gasteiger partial charge on any atom is -0.490 e. The minimum atomic E-state index is -0.291. The van der Waals surface area contributed by atoms with Crippen LogP contribution in [0.15, 0.2) is 72.8 Å². The molecule has 0 aliphatic heterocycles. The minimum absolute atomic E-state index is 0.291. The molecule has 6 heteroatoms.